The molecule has 2 aromatic heterocycles. The van der Waals surface area contributed by atoms with Gasteiger partial charge in [0.25, 0.3) is 5.56 Å². The van der Waals surface area contributed by atoms with Gasteiger partial charge >= 0.3 is 0 Å². The second-order valence-corrected chi connectivity index (χ2v) is 9.36. The van der Waals surface area contributed by atoms with Gasteiger partial charge in [-0.3, -0.25) is 4.79 Å². The van der Waals surface area contributed by atoms with Crippen LogP contribution in [0.25, 0.3) is 10.9 Å². The maximum Gasteiger partial charge on any atom is 0.252 e. The summed E-state index contributed by atoms with van der Waals surface area (Å²) in [5.74, 6) is 1.03. The van der Waals surface area contributed by atoms with Crippen molar-refractivity contribution >= 4 is 20.9 Å². The number of fused-ring (bicyclic) bond motifs is 1. The molecule has 4 aromatic rings. The lowest BCUT2D eigenvalue weighted by molar-refractivity contribution is 0.357. The molecule has 0 spiro atoms. The quantitative estimate of drug-likeness (QED) is 0.435. The molecule has 0 unspecified atom stereocenters. The third-order valence-corrected chi connectivity index (χ3v) is 7.16. The Labute approximate surface area is 186 Å². The lowest BCUT2D eigenvalue weighted by atomic mass is 10.1. The van der Waals surface area contributed by atoms with Crippen LogP contribution < -0.4 is 10.3 Å². The van der Waals surface area contributed by atoms with Gasteiger partial charge in [0.1, 0.15) is 11.5 Å². The zero-order valence-corrected chi connectivity index (χ0v) is 18.7. The highest BCUT2D eigenvalue weighted by Crippen LogP contribution is 2.24. The van der Waals surface area contributed by atoms with Crippen molar-refractivity contribution in [3.8, 4) is 5.75 Å². The standard InChI is InChI=1S/C24H24N2O5S/c1-3-17-6-11-23-18(13-17)14-19(24(27)25-23)15-26(16-21-5-4-12-31-21)32(28,29)22-9-7-20(30-2)8-10-22/h4-14H,3,15-16H2,1-2H3,(H,25,27). The van der Waals surface area contributed by atoms with E-state index in [1.165, 1.54) is 29.8 Å². The summed E-state index contributed by atoms with van der Waals surface area (Å²) >= 11 is 0. The van der Waals surface area contributed by atoms with Crippen LogP contribution in [0.1, 0.15) is 23.8 Å². The lowest BCUT2D eigenvalue weighted by Crippen LogP contribution is -2.32. The summed E-state index contributed by atoms with van der Waals surface area (Å²) in [7, 11) is -2.40. The largest absolute Gasteiger partial charge is 0.497 e. The van der Waals surface area contributed by atoms with Crippen molar-refractivity contribution in [2.75, 3.05) is 7.11 Å². The molecule has 0 amide bonds. The predicted molar refractivity (Wildman–Crippen MR) is 122 cm³/mol. The number of hydrogen-bond acceptors (Lipinski definition) is 5. The Kier molecular flexibility index (Phi) is 6.16. The number of pyridine rings is 1. The van der Waals surface area contributed by atoms with Crippen molar-refractivity contribution in [2.45, 2.75) is 31.3 Å². The molecule has 2 aromatic carbocycles. The van der Waals surface area contributed by atoms with Crippen molar-refractivity contribution in [1.29, 1.82) is 0 Å². The van der Waals surface area contributed by atoms with Crippen molar-refractivity contribution in [2.24, 2.45) is 0 Å². The van der Waals surface area contributed by atoms with Crippen LogP contribution in [0.3, 0.4) is 0 Å². The molecular weight excluding hydrogens is 428 g/mol. The van der Waals surface area contributed by atoms with E-state index in [0.29, 0.717) is 22.6 Å². The second-order valence-electron chi connectivity index (χ2n) is 7.43. The van der Waals surface area contributed by atoms with E-state index in [2.05, 4.69) is 11.9 Å². The topological polar surface area (TPSA) is 92.6 Å². The fourth-order valence-electron chi connectivity index (χ4n) is 3.53. The van der Waals surface area contributed by atoms with Crippen molar-refractivity contribution < 1.29 is 17.6 Å². The molecule has 0 radical (unpaired) electrons. The van der Waals surface area contributed by atoms with Crippen LogP contribution in [0.15, 0.2) is 81.0 Å². The first-order valence-electron chi connectivity index (χ1n) is 10.2. The summed E-state index contributed by atoms with van der Waals surface area (Å²) in [6, 6.07) is 17.2. The highest BCUT2D eigenvalue weighted by atomic mass is 32.2. The van der Waals surface area contributed by atoms with Crippen LogP contribution in [0, 0.1) is 0 Å². The molecule has 1 N–H and O–H groups in total. The number of H-pyrrole nitrogens is 1. The van der Waals surface area contributed by atoms with Gasteiger partial charge in [-0.05, 0) is 72.0 Å². The summed E-state index contributed by atoms with van der Waals surface area (Å²) in [5.41, 5.74) is 1.88. The number of aryl methyl sites for hydroxylation is 1. The number of nitrogens with zero attached hydrogens (tertiary/aromatic N) is 1. The number of hydrogen-bond donors (Lipinski definition) is 1. The maximum atomic E-state index is 13.5. The van der Waals surface area contributed by atoms with E-state index >= 15 is 0 Å². The number of aromatic nitrogens is 1. The Hall–Kier alpha value is -3.36. The van der Waals surface area contributed by atoms with Crippen LogP contribution >= 0.6 is 0 Å². The lowest BCUT2D eigenvalue weighted by Gasteiger charge is -2.21. The first-order valence-corrected chi connectivity index (χ1v) is 11.7. The highest BCUT2D eigenvalue weighted by Gasteiger charge is 2.27. The Bertz CT molecular complexity index is 1370. The molecule has 8 heteroatoms. The van der Waals surface area contributed by atoms with Gasteiger partial charge in [0.2, 0.25) is 10.0 Å². The van der Waals surface area contributed by atoms with E-state index in [0.717, 1.165) is 17.4 Å². The first-order chi connectivity index (χ1) is 15.4. The highest BCUT2D eigenvalue weighted by molar-refractivity contribution is 7.89. The molecule has 0 aliphatic carbocycles. The molecule has 7 nitrogen and oxygen atoms in total. The molecule has 32 heavy (non-hydrogen) atoms. The van der Waals surface area contributed by atoms with Crippen molar-refractivity contribution in [3.63, 3.8) is 0 Å². The van der Waals surface area contributed by atoms with Gasteiger partial charge in [-0.15, -0.1) is 0 Å². The molecule has 0 aliphatic heterocycles. The number of rotatable bonds is 8. The minimum atomic E-state index is -3.92. The predicted octanol–water partition coefficient (Wildman–Crippen LogP) is 4.08. The fraction of sp³-hybridized carbons (Fsp3) is 0.208. The van der Waals surface area contributed by atoms with E-state index in [1.807, 2.05) is 18.2 Å². The molecule has 0 saturated heterocycles. The van der Waals surface area contributed by atoms with Crippen molar-refractivity contribution in [3.05, 3.63) is 94.2 Å². The summed E-state index contributed by atoms with van der Waals surface area (Å²) in [5, 5.41) is 0.860. The van der Waals surface area contributed by atoms with Gasteiger partial charge in [-0.2, -0.15) is 4.31 Å². The number of nitrogens with one attached hydrogen (secondary N) is 1. The van der Waals surface area contributed by atoms with E-state index in [-0.39, 0.29) is 23.5 Å². The zero-order valence-electron chi connectivity index (χ0n) is 17.9. The van der Waals surface area contributed by atoms with Crippen LogP contribution in [0.2, 0.25) is 0 Å². The molecule has 166 valence electrons. The SMILES string of the molecule is CCc1ccc2[nH]c(=O)c(CN(Cc3ccco3)S(=O)(=O)c3ccc(OC)cc3)cc2c1. The summed E-state index contributed by atoms with van der Waals surface area (Å²) < 4.78 is 38.7. The average Bonchev–Trinajstić information content (AvgIpc) is 3.32. The van der Waals surface area contributed by atoms with E-state index in [4.69, 9.17) is 9.15 Å². The van der Waals surface area contributed by atoms with E-state index in [1.54, 1.807) is 30.3 Å². The van der Waals surface area contributed by atoms with Gasteiger partial charge in [0, 0.05) is 17.6 Å². The Morgan fingerprint density at radius 2 is 1.81 bits per heavy atom. The number of sulfonamides is 1. The summed E-state index contributed by atoms with van der Waals surface area (Å²) in [6.45, 7) is 1.95. The number of furan rings is 1. The summed E-state index contributed by atoms with van der Waals surface area (Å²) in [4.78, 5) is 15.7. The van der Waals surface area contributed by atoms with Gasteiger partial charge in [0.15, 0.2) is 0 Å². The van der Waals surface area contributed by atoms with Crippen LogP contribution in [0.5, 0.6) is 5.75 Å². The van der Waals surface area contributed by atoms with Crippen molar-refractivity contribution in [1.82, 2.24) is 9.29 Å². The Morgan fingerprint density at radius 3 is 2.47 bits per heavy atom. The number of ether oxygens (including phenoxy) is 1. The zero-order chi connectivity index (χ0) is 22.7. The van der Waals surface area contributed by atoms with Crippen LogP contribution in [-0.2, 0) is 29.5 Å². The van der Waals surface area contributed by atoms with Gasteiger partial charge < -0.3 is 14.1 Å². The second kappa shape index (κ2) is 9.02. The molecule has 0 saturated carbocycles. The minimum absolute atomic E-state index is 0.00611. The smallest absolute Gasteiger partial charge is 0.252 e. The summed E-state index contributed by atoms with van der Waals surface area (Å²) in [6.07, 6.45) is 2.35. The third-order valence-electron chi connectivity index (χ3n) is 5.35. The van der Waals surface area contributed by atoms with E-state index in [9.17, 15) is 13.2 Å². The van der Waals surface area contributed by atoms with Crippen LogP contribution in [0.4, 0.5) is 0 Å². The number of methoxy groups -OCH3 is 1. The molecule has 0 fully saturated rings. The molecule has 0 bridgehead atoms. The third kappa shape index (κ3) is 4.46. The number of benzene rings is 2. The first kappa shape index (κ1) is 21.9. The Morgan fingerprint density at radius 1 is 1.03 bits per heavy atom. The number of aromatic amines is 1. The molecule has 2 heterocycles. The average molecular weight is 453 g/mol. The van der Waals surface area contributed by atoms with E-state index < -0.39 is 10.0 Å². The maximum absolute atomic E-state index is 13.5. The Balaban J connectivity index is 1.75. The van der Waals surface area contributed by atoms with Gasteiger partial charge in [-0.25, -0.2) is 8.42 Å². The fourth-order valence-corrected chi connectivity index (χ4v) is 4.91. The van der Waals surface area contributed by atoms with Gasteiger partial charge in [-0.1, -0.05) is 13.0 Å². The monoisotopic (exact) mass is 452 g/mol. The normalized spacial score (nSPS) is 11.8. The molecule has 0 aliphatic rings. The minimum Gasteiger partial charge on any atom is -0.497 e. The molecule has 4 rings (SSSR count). The van der Waals surface area contributed by atoms with Gasteiger partial charge in [0.05, 0.1) is 24.8 Å². The van der Waals surface area contributed by atoms with Crippen LogP contribution in [-0.4, -0.2) is 24.8 Å². The molecular formula is C24H24N2O5S. The molecule has 0 atom stereocenters.